The van der Waals surface area contributed by atoms with Crippen molar-refractivity contribution in [2.45, 2.75) is 26.4 Å². The van der Waals surface area contributed by atoms with E-state index in [4.69, 9.17) is 20.9 Å². The standard InChI is InChI=1S/C26H22ClNO5/c1-2-21(29)20-10-11-22(25(27)26(20)31)32-15-17-8-6-16(7-9-17)12-18-4-3-5-19(13-18)23-14-24(30)28-33-23/h3-11,13-14,31H,2,12,15H2,1H3,(H,28,30). The molecule has 0 fully saturated rings. The summed E-state index contributed by atoms with van der Waals surface area (Å²) in [6, 6.07) is 20.3. The summed E-state index contributed by atoms with van der Waals surface area (Å²) in [4.78, 5) is 23.2. The fourth-order valence-electron chi connectivity index (χ4n) is 3.48. The topological polar surface area (TPSA) is 92.5 Å². The van der Waals surface area contributed by atoms with E-state index in [2.05, 4.69) is 5.16 Å². The van der Waals surface area contributed by atoms with Crippen LogP contribution in [-0.4, -0.2) is 16.0 Å². The first-order valence-corrected chi connectivity index (χ1v) is 10.9. The molecule has 3 aromatic carbocycles. The van der Waals surface area contributed by atoms with Crippen LogP contribution in [0.4, 0.5) is 0 Å². The monoisotopic (exact) mass is 463 g/mol. The number of Topliss-reactive ketones (excluding diaryl/α,β-unsaturated/α-hetero) is 1. The molecule has 0 bridgehead atoms. The van der Waals surface area contributed by atoms with E-state index in [0.29, 0.717) is 11.5 Å². The molecule has 0 saturated heterocycles. The van der Waals surface area contributed by atoms with Gasteiger partial charge in [-0.05, 0) is 41.3 Å². The molecule has 0 aliphatic carbocycles. The molecule has 0 saturated carbocycles. The predicted molar refractivity (Wildman–Crippen MR) is 126 cm³/mol. The lowest BCUT2D eigenvalue weighted by molar-refractivity contribution is 0.0985. The molecule has 4 rings (SSSR count). The number of rotatable bonds is 8. The molecule has 4 aromatic rings. The summed E-state index contributed by atoms with van der Waals surface area (Å²) in [5.74, 6) is 0.391. The smallest absolute Gasteiger partial charge is 0.280 e. The molecule has 0 atom stereocenters. The Hall–Kier alpha value is -3.77. The maximum Gasteiger partial charge on any atom is 0.280 e. The van der Waals surface area contributed by atoms with Gasteiger partial charge in [0.15, 0.2) is 11.5 Å². The van der Waals surface area contributed by atoms with Crippen LogP contribution in [0.15, 0.2) is 76.0 Å². The van der Waals surface area contributed by atoms with Gasteiger partial charge in [0.25, 0.3) is 5.56 Å². The zero-order valence-corrected chi connectivity index (χ0v) is 18.7. The molecular formula is C26H22ClNO5. The Morgan fingerprint density at radius 2 is 1.79 bits per heavy atom. The van der Waals surface area contributed by atoms with Gasteiger partial charge in [-0.2, -0.15) is 5.16 Å². The van der Waals surface area contributed by atoms with Crippen molar-refractivity contribution in [3.8, 4) is 22.8 Å². The van der Waals surface area contributed by atoms with Gasteiger partial charge in [-0.25, -0.2) is 0 Å². The van der Waals surface area contributed by atoms with Crippen molar-refractivity contribution in [3.05, 3.63) is 104 Å². The molecular weight excluding hydrogens is 442 g/mol. The molecule has 0 aliphatic rings. The van der Waals surface area contributed by atoms with E-state index < -0.39 is 0 Å². The molecule has 0 radical (unpaired) electrons. The first-order chi connectivity index (χ1) is 15.9. The van der Waals surface area contributed by atoms with E-state index >= 15 is 0 Å². The van der Waals surface area contributed by atoms with Crippen LogP contribution in [0.25, 0.3) is 11.3 Å². The van der Waals surface area contributed by atoms with Gasteiger partial charge in [-0.15, -0.1) is 0 Å². The zero-order chi connectivity index (χ0) is 23.4. The first-order valence-electron chi connectivity index (χ1n) is 10.5. The van der Waals surface area contributed by atoms with Crippen molar-refractivity contribution in [1.82, 2.24) is 5.16 Å². The number of carbonyl (C=O) groups excluding carboxylic acids is 1. The third-order valence-electron chi connectivity index (χ3n) is 5.26. The number of halogens is 1. The normalized spacial score (nSPS) is 10.8. The Morgan fingerprint density at radius 1 is 1.03 bits per heavy atom. The van der Waals surface area contributed by atoms with Crippen LogP contribution in [0.1, 0.15) is 40.4 Å². The first kappa shape index (κ1) is 22.4. The summed E-state index contributed by atoms with van der Waals surface area (Å²) in [6.45, 7) is 1.99. The number of hydrogen-bond donors (Lipinski definition) is 2. The summed E-state index contributed by atoms with van der Waals surface area (Å²) in [5, 5.41) is 12.5. The van der Waals surface area contributed by atoms with Gasteiger partial charge in [-0.1, -0.05) is 61.0 Å². The molecule has 0 aliphatic heterocycles. The number of ether oxygens (including phenoxy) is 1. The average molecular weight is 464 g/mol. The lowest BCUT2D eigenvalue weighted by Gasteiger charge is -2.12. The minimum absolute atomic E-state index is 0.0315. The number of phenols is 1. The summed E-state index contributed by atoms with van der Waals surface area (Å²) in [7, 11) is 0. The van der Waals surface area contributed by atoms with Crippen molar-refractivity contribution < 1.29 is 19.2 Å². The molecule has 1 heterocycles. The van der Waals surface area contributed by atoms with Gasteiger partial charge in [-0.3, -0.25) is 9.59 Å². The predicted octanol–water partition coefficient (Wildman–Crippen LogP) is 5.76. The Kier molecular flexibility index (Phi) is 6.66. The number of nitrogens with one attached hydrogen (secondary N) is 1. The number of aromatic hydroxyl groups is 1. The van der Waals surface area contributed by atoms with Crippen molar-refractivity contribution in [3.63, 3.8) is 0 Å². The molecule has 1 aromatic heterocycles. The van der Waals surface area contributed by atoms with Gasteiger partial charge < -0.3 is 14.4 Å². The molecule has 0 spiro atoms. The summed E-state index contributed by atoms with van der Waals surface area (Å²) in [5.41, 5.74) is 3.90. The minimum atomic E-state index is -0.268. The maximum absolute atomic E-state index is 11.9. The summed E-state index contributed by atoms with van der Waals surface area (Å²) < 4.78 is 10.9. The highest BCUT2D eigenvalue weighted by Crippen LogP contribution is 2.37. The largest absolute Gasteiger partial charge is 0.505 e. The van der Waals surface area contributed by atoms with Crippen molar-refractivity contribution in [1.29, 1.82) is 0 Å². The Morgan fingerprint density at radius 3 is 2.48 bits per heavy atom. The van der Waals surface area contributed by atoms with E-state index in [-0.39, 0.29) is 40.7 Å². The molecule has 6 nitrogen and oxygen atoms in total. The van der Waals surface area contributed by atoms with Crippen LogP contribution < -0.4 is 10.3 Å². The fraction of sp³-hybridized carbons (Fsp3) is 0.154. The maximum atomic E-state index is 11.9. The van der Waals surface area contributed by atoms with E-state index in [1.165, 1.54) is 12.1 Å². The number of aromatic nitrogens is 1. The second-order valence-electron chi connectivity index (χ2n) is 7.61. The molecule has 168 valence electrons. The van der Waals surface area contributed by atoms with Crippen LogP contribution >= 0.6 is 11.6 Å². The van der Waals surface area contributed by atoms with Gasteiger partial charge >= 0.3 is 0 Å². The van der Waals surface area contributed by atoms with Crippen molar-refractivity contribution >= 4 is 17.4 Å². The van der Waals surface area contributed by atoms with Crippen LogP contribution in [0, 0.1) is 0 Å². The second kappa shape index (κ2) is 9.79. The van der Waals surface area contributed by atoms with E-state index in [0.717, 1.165) is 28.7 Å². The fourth-order valence-corrected chi connectivity index (χ4v) is 3.70. The van der Waals surface area contributed by atoms with Gasteiger partial charge in [0.05, 0.1) is 11.6 Å². The molecule has 2 N–H and O–H groups in total. The third-order valence-corrected chi connectivity index (χ3v) is 5.63. The van der Waals surface area contributed by atoms with Crippen LogP contribution in [0.5, 0.6) is 11.5 Å². The number of aromatic amines is 1. The lowest BCUT2D eigenvalue weighted by atomic mass is 10.0. The summed E-state index contributed by atoms with van der Waals surface area (Å²) >= 11 is 6.19. The second-order valence-corrected chi connectivity index (χ2v) is 7.99. The highest BCUT2D eigenvalue weighted by molar-refractivity contribution is 6.34. The van der Waals surface area contributed by atoms with Crippen molar-refractivity contribution in [2.75, 3.05) is 0 Å². The van der Waals surface area contributed by atoms with E-state index in [1.54, 1.807) is 13.0 Å². The molecule has 0 unspecified atom stereocenters. The highest BCUT2D eigenvalue weighted by atomic mass is 35.5. The number of H-pyrrole nitrogens is 1. The summed E-state index contributed by atoms with van der Waals surface area (Å²) in [6.07, 6.45) is 1.000. The molecule has 7 heteroatoms. The van der Waals surface area contributed by atoms with Gasteiger partial charge in [0.1, 0.15) is 23.1 Å². The van der Waals surface area contributed by atoms with E-state index in [1.807, 2.05) is 48.5 Å². The number of hydrogen-bond acceptors (Lipinski definition) is 5. The SMILES string of the molecule is CCC(=O)c1ccc(OCc2ccc(Cc3cccc(-c4cc(=O)[nH]o4)c3)cc2)c(Cl)c1O. The number of phenolic OH excluding ortho intramolecular Hbond substituents is 1. The zero-order valence-electron chi connectivity index (χ0n) is 17.9. The number of benzene rings is 3. The van der Waals surface area contributed by atoms with Gasteiger partial charge in [0, 0.05) is 12.0 Å². The van der Waals surface area contributed by atoms with Crippen LogP contribution in [0.2, 0.25) is 5.02 Å². The minimum Gasteiger partial charge on any atom is -0.505 e. The van der Waals surface area contributed by atoms with E-state index in [9.17, 15) is 14.7 Å². The quantitative estimate of drug-likeness (QED) is 0.324. The van der Waals surface area contributed by atoms with Crippen LogP contribution in [-0.2, 0) is 13.0 Å². The van der Waals surface area contributed by atoms with Crippen molar-refractivity contribution in [2.24, 2.45) is 0 Å². The number of carbonyl (C=O) groups is 1. The number of ketones is 1. The van der Waals surface area contributed by atoms with Gasteiger partial charge in [0.2, 0.25) is 0 Å². The average Bonchev–Trinajstić information content (AvgIpc) is 3.27. The molecule has 33 heavy (non-hydrogen) atoms. The highest BCUT2D eigenvalue weighted by Gasteiger charge is 2.16. The van der Waals surface area contributed by atoms with Crippen LogP contribution in [0.3, 0.4) is 0 Å². The lowest BCUT2D eigenvalue weighted by Crippen LogP contribution is -2.00. The molecule has 0 amide bonds. The Balaban J connectivity index is 1.41. The Labute approximate surface area is 195 Å². The third kappa shape index (κ3) is 5.18. The Bertz CT molecular complexity index is 1340.